The third-order valence-corrected chi connectivity index (χ3v) is 3.44. The van der Waals surface area contributed by atoms with Crippen LogP contribution in [0.5, 0.6) is 0 Å². The second-order valence-electron chi connectivity index (χ2n) is 3.87. The molecule has 0 aliphatic rings. The Morgan fingerprint density at radius 1 is 1.56 bits per heavy atom. The summed E-state index contributed by atoms with van der Waals surface area (Å²) in [6.07, 6.45) is 0. The molecule has 0 atom stereocenters. The number of amides is 1. The highest BCUT2D eigenvalue weighted by Crippen LogP contribution is 2.18. The highest BCUT2D eigenvalue weighted by atomic mass is 79.9. The van der Waals surface area contributed by atoms with Crippen molar-refractivity contribution in [2.75, 3.05) is 13.1 Å². The molecule has 98 valence electrons. The molecule has 0 fully saturated rings. The summed E-state index contributed by atoms with van der Waals surface area (Å²) in [5.74, 6) is -0.126. The second-order valence-corrected chi connectivity index (χ2v) is 4.73. The Hall–Kier alpha value is -1.56. The monoisotopic (exact) mass is 313 g/mol. The Kier molecular flexibility index (Phi) is 5.15. The number of nitrogens with zero attached hydrogens (tertiary/aromatic N) is 2. The van der Waals surface area contributed by atoms with Crippen molar-refractivity contribution in [3.05, 3.63) is 33.8 Å². The Bertz CT molecular complexity index is 474. The van der Waals surface area contributed by atoms with Crippen LogP contribution < -0.4 is 5.73 Å². The molecule has 6 heteroatoms. The van der Waals surface area contributed by atoms with Crippen molar-refractivity contribution in [1.82, 2.24) is 4.90 Å². The van der Waals surface area contributed by atoms with Crippen LogP contribution >= 0.6 is 15.9 Å². The third-order valence-electron chi connectivity index (χ3n) is 2.56. The molecule has 0 aromatic heterocycles. The molecule has 5 nitrogen and oxygen atoms in total. The highest BCUT2D eigenvalue weighted by Gasteiger charge is 2.16. The number of benzene rings is 1. The fraction of sp³-hybridized carbons (Fsp3) is 0.333. The molecule has 1 aromatic carbocycles. The van der Waals surface area contributed by atoms with Crippen LogP contribution in [0.4, 0.5) is 0 Å². The number of hydrogen-bond donors (Lipinski definition) is 2. The maximum atomic E-state index is 12.2. The van der Waals surface area contributed by atoms with Crippen molar-refractivity contribution >= 4 is 27.7 Å². The number of amidine groups is 1. The van der Waals surface area contributed by atoms with E-state index in [2.05, 4.69) is 21.1 Å². The summed E-state index contributed by atoms with van der Waals surface area (Å²) in [6, 6.07) is 5.38. The van der Waals surface area contributed by atoms with Crippen molar-refractivity contribution < 1.29 is 10.0 Å². The zero-order valence-electron chi connectivity index (χ0n) is 10.4. The van der Waals surface area contributed by atoms with Crippen LogP contribution in [0, 0.1) is 6.92 Å². The van der Waals surface area contributed by atoms with Gasteiger partial charge in [-0.1, -0.05) is 21.1 Å². The second kappa shape index (κ2) is 6.39. The molecular formula is C12H16BrN3O2. The van der Waals surface area contributed by atoms with Gasteiger partial charge in [0.2, 0.25) is 0 Å². The average molecular weight is 314 g/mol. The van der Waals surface area contributed by atoms with Gasteiger partial charge in [0.1, 0.15) is 0 Å². The molecule has 0 unspecified atom stereocenters. The SMILES string of the molecule is CCN(C/C(N)=N/O)C(=O)c1ccc(Br)c(C)c1. The minimum Gasteiger partial charge on any atom is -0.409 e. The Labute approximate surface area is 114 Å². The molecule has 0 saturated heterocycles. The number of oxime groups is 1. The van der Waals surface area contributed by atoms with Gasteiger partial charge in [0.25, 0.3) is 5.91 Å². The lowest BCUT2D eigenvalue weighted by molar-refractivity contribution is 0.0786. The lowest BCUT2D eigenvalue weighted by Gasteiger charge is -2.20. The van der Waals surface area contributed by atoms with Crippen molar-refractivity contribution in [2.24, 2.45) is 10.9 Å². The van der Waals surface area contributed by atoms with E-state index in [0.717, 1.165) is 10.0 Å². The normalized spacial score (nSPS) is 11.4. The molecule has 1 amide bonds. The average Bonchev–Trinajstić information content (AvgIpc) is 2.38. The van der Waals surface area contributed by atoms with Crippen LogP contribution in [0.15, 0.2) is 27.8 Å². The number of rotatable bonds is 4. The van der Waals surface area contributed by atoms with Crippen LogP contribution in [-0.2, 0) is 0 Å². The summed E-state index contributed by atoms with van der Waals surface area (Å²) in [6.45, 7) is 4.36. The van der Waals surface area contributed by atoms with Gasteiger partial charge in [-0.3, -0.25) is 4.79 Å². The molecule has 18 heavy (non-hydrogen) atoms. The third kappa shape index (κ3) is 3.46. The minimum absolute atomic E-state index is 0.0130. The van der Waals surface area contributed by atoms with Crippen molar-refractivity contribution in [2.45, 2.75) is 13.8 Å². The van der Waals surface area contributed by atoms with Crippen LogP contribution in [-0.4, -0.2) is 34.9 Å². The standard InChI is InChI=1S/C12H16BrN3O2/c1-3-16(7-11(14)15-18)12(17)9-4-5-10(13)8(2)6-9/h4-6,18H,3,7H2,1-2H3,(H2,14,15). The van der Waals surface area contributed by atoms with E-state index >= 15 is 0 Å². The molecule has 1 rings (SSSR count). The van der Waals surface area contributed by atoms with E-state index in [1.165, 1.54) is 4.90 Å². The minimum atomic E-state index is -0.139. The molecule has 0 spiro atoms. The molecule has 0 bridgehead atoms. The van der Waals surface area contributed by atoms with Crippen molar-refractivity contribution in [1.29, 1.82) is 0 Å². The van der Waals surface area contributed by atoms with E-state index in [1.807, 2.05) is 19.9 Å². The van der Waals surface area contributed by atoms with E-state index in [-0.39, 0.29) is 18.3 Å². The first-order chi connectivity index (χ1) is 8.49. The maximum Gasteiger partial charge on any atom is 0.254 e. The summed E-state index contributed by atoms with van der Waals surface area (Å²) >= 11 is 3.39. The number of carbonyl (C=O) groups is 1. The Balaban J connectivity index is 2.93. The van der Waals surface area contributed by atoms with E-state index in [0.29, 0.717) is 12.1 Å². The first-order valence-electron chi connectivity index (χ1n) is 5.51. The summed E-state index contributed by atoms with van der Waals surface area (Å²) in [5, 5.41) is 11.4. The number of hydrogen-bond acceptors (Lipinski definition) is 3. The topological polar surface area (TPSA) is 78.9 Å². The summed E-state index contributed by atoms with van der Waals surface area (Å²) in [7, 11) is 0. The van der Waals surface area contributed by atoms with Gasteiger partial charge < -0.3 is 15.8 Å². The summed E-state index contributed by atoms with van der Waals surface area (Å²) in [5.41, 5.74) is 6.99. The Morgan fingerprint density at radius 2 is 2.22 bits per heavy atom. The maximum absolute atomic E-state index is 12.2. The van der Waals surface area contributed by atoms with E-state index in [1.54, 1.807) is 12.1 Å². The van der Waals surface area contributed by atoms with Gasteiger partial charge in [0, 0.05) is 16.6 Å². The van der Waals surface area contributed by atoms with Crippen LogP contribution in [0.25, 0.3) is 0 Å². The fourth-order valence-corrected chi connectivity index (χ4v) is 1.76. The van der Waals surface area contributed by atoms with Crippen LogP contribution in [0.2, 0.25) is 0 Å². The first-order valence-corrected chi connectivity index (χ1v) is 6.30. The quantitative estimate of drug-likeness (QED) is 0.386. The smallest absolute Gasteiger partial charge is 0.254 e. The Morgan fingerprint density at radius 3 is 2.72 bits per heavy atom. The van der Waals surface area contributed by atoms with Gasteiger partial charge >= 0.3 is 0 Å². The first kappa shape index (κ1) is 14.5. The molecule has 0 aliphatic carbocycles. The van der Waals surface area contributed by atoms with E-state index in [9.17, 15) is 4.79 Å². The van der Waals surface area contributed by atoms with Crippen molar-refractivity contribution in [3.63, 3.8) is 0 Å². The van der Waals surface area contributed by atoms with Gasteiger partial charge in [0.05, 0.1) is 6.54 Å². The number of nitrogens with two attached hydrogens (primary N) is 1. The molecular weight excluding hydrogens is 298 g/mol. The van der Waals surface area contributed by atoms with Gasteiger partial charge in [0.15, 0.2) is 5.84 Å². The van der Waals surface area contributed by atoms with Gasteiger partial charge in [-0.05, 0) is 37.6 Å². The van der Waals surface area contributed by atoms with E-state index < -0.39 is 0 Å². The number of carbonyl (C=O) groups excluding carboxylic acids is 1. The largest absolute Gasteiger partial charge is 0.409 e. The van der Waals surface area contributed by atoms with Gasteiger partial charge in [-0.2, -0.15) is 0 Å². The van der Waals surface area contributed by atoms with Gasteiger partial charge in [-0.15, -0.1) is 0 Å². The molecule has 0 heterocycles. The van der Waals surface area contributed by atoms with Crippen molar-refractivity contribution in [3.8, 4) is 0 Å². The van der Waals surface area contributed by atoms with Crippen LogP contribution in [0.3, 0.4) is 0 Å². The van der Waals surface area contributed by atoms with E-state index in [4.69, 9.17) is 10.9 Å². The zero-order valence-corrected chi connectivity index (χ0v) is 11.9. The molecule has 1 aromatic rings. The lowest BCUT2D eigenvalue weighted by Crippen LogP contribution is -2.38. The number of halogens is 1. The van der Waals surface area contributed by atoms with Gasteiger partial charge in [-0.25, -0.2) is 0 Å². The molecule has 0 aliphatic heterocycles. The predicted molar refractivity (Wildman–Crippen MR) is 73.9 cm³/mol. The number of aryl methyl sites for hydroxylation is 1. The number of likely N-dealkylation sites (N-methyl/N-ethyl adjacent to an activating group) is 1. The lowest BCUT2D eigenvalue weighted by atomic mass is 10.1. The molecule has 0 saturated carbocycles. The highest BCUT2D eigenvalue weighted by molar-refractivity contribution is 9.10. The fourth-order valence-electron chi connectivity index (χ4n) is 1.51. The van der Waals surface area contributed by atoms with Crippen LogP contribution in [0.1, 0.15) is 22.8 Å². The summed E-state index contributed by atoms with van der Waals surface area (Å²) < 4.78 is 0.957. The predicted octanol–water partition coefficient (Wildman–Crippen LogP) is 1.97. The molecule has 3 N–H and O–H groups in total. The molecule has 0 radical (unpaired) electrons. The zero-order chi connectivity index (χ0) is 13.7. The summed E-state index contributed by atoms with van der Waals surface area (Å²) in [4.78, 5) is 13.7.